The van der Waals surface area contributed by atoms with Crippen molar-refractivity contribution >= 4 is 33.4 Å². The summed E-state index contributed by atoms with van der Waals surface area (Å²) in [6, 6.07) is 15.8. The van der Waals surface area contributed by atoms with Crippen molar-refractivity contribution < 1.29 is 9.59 Å². The first-order valence-corrected chi connectivity index (χ1v) is 9.31. The van der Waals surface area contributed by atoms with Crippen molar-refractivity contribution in [2.24, 2.45) is 0 Å². The van der Waals surface area contributed by atoms with Crippen LogP contribution in [0.5, 0.6) is 0 Å². The molecule has 0 atom stereocenters. The Morgan fingerprint density at radius 2 is 1.72 bits per heavy atom. The first-order valence-electron chi connectivity index (χ1n) is 8.52. The van der Waals surface area contributed by atoms with Gasteiger partial charge < -0.3 is 10.6 Å². The summed E-state index contributed by atoms with van der Waals surface area (Å²) in [5.74, 6) is 0.0442. The van der Waals surface area contributed by atoms with E-state index in [0.717, 1.165) is 34.1 Å². The molecule has 3 rings (SSSR count). The highest BCUT2D eigenvalue weighted by Crippen LogP contribution is 2.19. The lowest BCUT2D eigenvalue weighted by atomic mass is 10.1. The van der Waals surface area contributed by atoms with Gasteiger partial charge in [-0.1, -0.05) is 46.3 Å². The largest absolute Gasteiger partial charge is 0.353 e. The normalized spacial score (nSPS) is 13.3. The number of halogens is 1. The summed E-state index contributed by atoms with van der Waals surface area (Å²) < 4.78 is 1.02. The number of amides is 2. The molecule has 1 saturated carbocycles. The zero-order valence-electron chi connectivity index (χ0n) is 13.9. The molecule has 4 nitrogen and oxygen atoms in total. The fraction of sp³-hybridized carbons (Fsp3) is 0.300. The van der Waals surface area contributed by atoms with Gasteiger partial charge in [0.15, 0.2) is 0 Å². The Bertz CT molecular complexity index is 755. The summed E-state index contributed by atoms with van der Waals surface area (Å²) in [5, 5.41) is 5.87. The maximum absolute atomic E-state index is 12.1. The maximum Gasteiger partial charge on any atom is 0.224 e. The fourth-order valence-corrected chi connectivity index (χ4v) is 3.05. The summed E-state index contributed by atoms with van der Waals surface area (Å²) in [6.45, 7) is 0. The summed E-state index contributed by atoms with van der Waals surface area (Å²) in [5.41, 5.74) is 2.82. The number of anilines is 1. The lowest BCUT2D eigenvalue weighted by Gasteiger charge is -2.08. The number of nitrogens with one attached hydrogen (secondary N) is 2. The third-order valence-electron chi connectivity index (χ3n) is 4.12. The van der Waals surface area contributed by atoms with Gasteiger partial charge in [-0.15, -0.1) is 0 Å². The molecule has 2 aromatic carbocycles. The average Bonchev–Trinajstić information content (AvgIpc) is 3.40. The third kappa shape index (κ3) is 5.71. The van der Waals surface area contributed by atoms with Crippen LogP contribution in [-0.4, -0.2) is 17.9 Å². The van der Waals surface area contributed by atoms with Gasteiger partial charge in [-0.25, -0.2) is 0 Å². The molecule has 2 aromatic rings. The van der Waals surface area contributed by atoms with Crippen molar-refractivity contribution in [3.05, 3.63) is 64.1 Å². The molecule has 0 bridgehead atoms. The van der Waals surface area contributed by atoms with Crippen molar-refractivity contribution in [3.63, 3.8) is 0 Å². The smallest absolute Gasteiger partial charge is 0.224 e. The van der Waals surface area contributed by atoms with E-state index in [9.17, 15) is 9.59 Å². The second kappa shape index (κ2) is 8.30. The van der Waals surface area contributed by atoms with E-state index in [1.807, 2.05) is 48.5 Å². The fourth-order valence-electron chi connectivity index (χ4n) is 2.57. The van der Waals surface area contributed by atoms with Crippen LogP contribution in [-0.2, 0) is 22.4 Å². The van der Waals surface area contributed by atoms with Crippen LogP contribution in [0.4, 0.5) is 5.69 Å². The van der Waals surface area contributed by atoms with Gasteiger partial charge in [0.1, 0.15) is 0 Å². The van der Waals surface area contributed by atoms with E-state index in [-0.39, 0.29) is 11.8 Å². The predicted molar refractivity (Wildman–Crippen MR) is 102 cm³/mol. The van der Waals surface area contributed by atoms with Gasteiger partial charge in [0.25, 0.3) is 0 Å². The van der Waals surface area contributed by atoms with Crippen LogP contribution >= 0.6 is 15.9 Å². The van der Waals surface area contributed by atoms with E-state index in [2.05, 4.69) is 26.6 Å². The third-order valence-corrected chi connectivity index (χ3v) is 4.90. The van der Waals surface area contributed by atoms with E-state index in [1.54, 1.807) is 0 Å². The molecule has 2 N–H and O–H groups in total. The Hall–Kier alpha value is -2.14. The lowest BCUT2D eigenvalue weighted by Crippen LogP contribution is -2.26. The summed E-state index contributed by atoms with van der Waals surface area (Å²) >= 11 is 3.50. The molecule has 1 aliphatic rings. The molecule has 0 spiro atoms. The van der Waals surface area contributed by atoms with Crippen molar-refractivity contribution in [1.29, 1.82) is 0 Å². The van der Waals surface area contributed by atoms with E-state index in [1.165, 1.54) is 0 Å². The van der Waals surface area contributed by atoms with E-state index in [4.69, 9.17) is 0 Å². The van der Waals surface area contributed by atoms with Crippen molar-refractivity contribution in [2.45, 2.75) is 38.1 Å². The van der Waals surface area contributed by atoms with Crippen LogP contribution < -0.4 is 10.6 Å². The molecule has 5 heteroatoms. The molecule has 0 unspecified atom stereocenters. The monoisotopic (exact) mass is 400 g/mol. The number of benzene rings is 2. The molecule has 0 aromatic heterocycles. The summed E-state index contributed by atoms with van der Waals surface area (Å²) in [7, 11) is 0. The first-order chi connectivity index (χ1) is 12.1. The highest BCUT2D eigenvalue weighted by molar-refractivity contribution is 9.10. The van der Waals surface area contributed by atoms with Crippen LogP contribution in [0, 0.1) is 0 Å². The minimum atomic E-state index is -0.0185. The van der Waals surface area contributed by atoms with E-state index < -0.39 is 0 Å². The predicted octanol–water partition coefficient (Wildman–Crippen LogP) is 3.84. The van der Waals surface area contributed by atoms with Crippen LogP contribution in [0.15, 0.2) is 53.0 Å². The van der Waals surface area contributed by atoms with Gasteiger partial charge in [-0.2, -0.15) is 0 Å². The molecule has 130 valence electrons. The lowest BCUT2D eigenvalue weighted by molar-refractivity contribution is -0.120. The van der Waals surface area contributed by atoms with Crippen LogP contribution in [0.3, 0.4) is 0 Å². The van der Waals surface area contributed by atoms with Gasteiger partial charge in [0.05, 0.1) is 6.42 Å². The maximum atomic E-state index is 12.1. The zero-order chi connectivity index (χ0) is 17.6. The number of hydrogen-bond donors (Lipinski definition) is 2. The molecule has 1 fully saturated rings. The highest BCUT2D eigenvalue weighted by atomic mass is 79.9. The number of hydrogen-bond acceptors (Lipinski definition) is 2. The molecule has 0 radical (unpaired) electrons. The summed E-state index contributed by atoms with van der Waals surface area (Å²) in [6.07, 6.45) is 3.68. The Morgan fingerprint density at radius 3 is 2.40 bits per heavy atom. The van der Waals surface area contributed by atoms with E-state index in [0.29, 0.717) is 25.3 Å². The van der Waals surface area contributed by atoms with Crippen molar-refractivity contribution in [3.8, 4) is 0 Å². The minimum Gasteiger partial charge on any atom is -0.353 e. The highest BCUT2D eigenvalue weighted by Gasteiger charge is 2.23. The molecule has 0 saturated heterocycles. The summed E-state index contributed by atoms with van der Waals surface area (Å²) in [4.78, 5) is 23.9. The van der Waals surface area contributed by atoms with Gasteiger partial charge in [0, 0.05) is 22.6 Å². The molecule has 25 heavy (non-hydrogen) atoms. The topological polar surface area (TPSA) is 58.2 Å². The Kier molecular flexibility index (Phi) is 5.87. The Morgan fingerprint density at radius 1 is 1.00 bits per heavy atom. The van der Waals surface area contributed by atoms with E-state index >= 15 is 0 Å². The quantitative estimate of drug-likeness (QED) is 0.741. The molecular weight excluding hydrogens is 380 g/mol. The number of aryl methyl sites for hydroxylation is 1. The van der Waals surface area contributed by atoms with Gasteiger partial charge >= 0.3 is 0 Å². The SMILES string of the molecule is O=C(CCc1ccccc1Br)Nc1ccc(CC(=O)NC2CC2)cc1. The second-order valence-corrected chi connectivity index (χ2v) is 7.21. The van der Waals surface area contributed by atoms with Crippen LogP contribution in [0.2, 0.25) is 0 Å². The minimum absolute atomic E-state index is 0.0185. The standard InChI is InChI=1S/C20H21BrN2O2/c21-18-4-2-1-3-15(18)7-12-19(24)22-16-8-5-14(6-9-16)13-20(25)23-17-10-11-17/h1-6,8-9,17H,7,10-13H2,(H,22,24)(H,23,25). The number of carbonyl (C=O) groups is 2. The van der Waals surface area contributed by atoms with Crippen LogP contribution in [0.25, 0.3) is 0 Å². The number of rotatable bonds is 7. The Labute approximate surface area is 156 Å². The van der Waals surface area contributed by atoms with Gasteiger partial charge in [0.2, 0.25) is 11.8 Å². The van der Waals surface area contributed by atoms with Crippen molar-refractivity contribution in [2.75, 3.05) is 5.32 Å². The molecular formula is C20H21BrN2O2. The van der Waals surface area contributed by atoms with Crippen LogP contribution in [0.1, 0.15) is 30.4 Å². The zero-order valence-corrected chi connectivity index (χ0v) is 15.5. The number of carbonyl (C=O) groups excluding carboxylic acids is 2. The first kappa shape index (κ1) is 17.7. The Balaban J connectivity index is 1.46. The van der Waals surface area contributed by atoms with Gasteiger partial charge in [-0.3, -0.25) is 9.59 Å². The molecule has 0 aliphatic heterocycles. The molecule has 1 aliphatic carbocycles. The average molecular weight is 401 g/mol. The van der Waals surface area contributed by atoms with Crippen molar-refractivity contribution in [1.82, 2.24) is 5.32 Å². The van der Waals surface area contributed by atoms with Gasteiger partial charge in [-0.05, 0) is 48.6 Å². The molecule has 0 heterocycles. The second-order valence-electron chi connectivity index (χ2n) is 6.36. The molecule has 2 amide bonds.